The van der Waals surface area contributed by atoms with Crippen LogP contribution >= 0.6 is 11.3 Å². The van der Waals surface area contributed by atoms with E-state index in [9.17, 15) is 5.11 Å². The van der Waals surface area contributed by atoms with Crippen molar-refractivity contribution < 1.29 is 5.11 Å². The van der Waals surface area contributed by atoms with E-state index in [0.29, 0.717) is 5.92 Å². The maximum Gasteiger partial charge on any atom is 0.0583 e. The lowest BCUT2D eigenvalue weighted by molar-refractivity contribution is 0.137. The van der Waals surface area contributed by atoms with Gasteiger partial charge in [-0.25, -0.2) is 0 Å². The Kier molecular flexibility index (Phi) is 6.74. The number of unbranched alkanes of at least 4 members (excludes halogenated alkanes) is 1. The number of rotatable bonds is 8. The van der Waals surface area contributed by atoms with E-state index in [1.54, 1.807) is 11.3 Å². The second kappa shape index (κ2) is 7.86. The highest BCUT2D eigenvalue weighted by atomic mass is 32.1. The monoisotopic (exact) mass is 240 g/mol. The first kappa shape index (κ1) is 13.7. The fourth-order valence-electron chi connectivity index (χ4n) is 2.13. The van der Waals surface area contributed by atoms with Crippen molar-refractivity contribution in [1.82, 2.24) is 0 Å². The Balaban J connectivity index is 2.28. The van der Waals surface area contributed by atoms with E-state index in [-0.39, 0.29) is 6.10 Å². The van der Waals surface area contributed by atoms with Crippen molar-refractivity contribution in [1.29, 1.82) is 0 Å². The fraction of sp³-hybridized carbons (Fsp3) is 0.714. The van der Waals surface area contributed by atoms with E-state index < -0.39 is 0 Å². The molecule has 0 saturated heterocycles. The Morgan fingerprint density at radius 3 is 2.75 bits per heavy atom. The second-order valence-corrected chi connectivity index (χ2v) is 5.42. The Labute approximate surface area is 104 Å². The van der Waals surface area contributed by atoms with Gasteiger partial charge >= 0.3 is 0 Å². The predicted octanol–water partition coefficient (Wildman–Crippen LogP) is 4.26. The molecule has 0 fully saturated rings. The molecule has 2 atom stereocenters. The highest BCUT2D eigenvalue weighted by Crippen LogP contribution is 2.20. The first-order valence-electron chi connectivity index (χ1n) is 6.45. The molecule has 0 saturated carbocycles. The van der Waals surface area contributed by atoms with Gasteiger partial charge in [0, 0.05) is 0 Å². The predicted molar refractivity (Wildman–Crippen MR) is 72.0 cm³/mol. The molecule has 0 aliphatic heterocycles. The van der Waals surface area contributed by atoms with Gasteiger partial charge < -0.3 is 5.11 Å². The Bertz CT molecular complexity index is 256. The quantitative estimate of drug-likeness (QED) is 0.720. The lowest BCUT2D eigenvalue weighted by Gasteiger charge is -2.18. The molecule has 0 aromatic carbocycles. The van der Waals surface area contributed by atoms with Gasteiger partial charge in [-0.05, 0) is 41.1 Å². The third-order valence-electron chi connectivity index (χ3n) is 3.20. The topological polar surface area (TPSA) is 20.2 Å². The molecule has 1 heterocycles. The zero-order valence-electron chi connectivity index (χ0n) is 10.5. The molecule has 16 heavy (non-hydrogen) atoms. The largest absolute Gasteiger partial charge is 0.393 e. The molecule has 92 valence electrons. The molecule has 1 N–H and O–H groups in total. The molecule has 1 aromatic rings. The summed E-state index contributed by atoms with van der Waals surface area (Å²) in [6, 6.07) is 2.11. The lowest BCUT2D eigenvalue weighted by atomic mass is 9.91. The molecule has 0 aliphatic carbocycles. The van der Waals surface area contributed by atoms with E-state index in [1.807, 2.05) is 0 Å². The van der Waals surface area contributed by atoms with Crippen LogP contribution in [-0.2, 0) is 6.42 Å². The SMILES string of the molecule is CCCCC(CC)CC(O)Cc1ccsc1. The maximum atomic E-state index is 10.0. The van der Waals surface area contributed by atoms with Crippen LogP contribution in [0.2, 0.25) is 0 Å². The normalized spacial score (nSPS) is 14.9. The molecule has 1 rings (SSSR count). The maximum absolute atomic E-state index is 10.0. The van der Waals surface area contributed by atoms with Crippen LogP contribution in [0.25, 0.3) is 0 Å². The third-order valence-corrected chi connectivity index (χ3v) is 3.93. The fourth-order valence-corrected chi connectivity index (χ4v) is 2.81. The summed E-state index contributed by atoms with van der Waals surface area (Å²) in [6.07, 6.45) is 6.66. The van der Waals surface area contributed by atoms with Crippen molar-refractivity contribution >= 4 is 11.3 Å². The Hall–Kier alpha value is -0.340. The van der Waals surface area contributed by atoms with Gasteiger partial charge in [-0.3, -0.25) is 0 Å². The number of hydrogen-bond acceptors (Lipinski definition) is 2. The number of aliphatic hydroxyl groups is 1. The molecule has 2 heteroatoms. The van der Waals surface area contributed by atoms with Crippen LogP contribution in [0.1, 0.15) is 51.5 Å². The van der Waals surface area contributed by atoms with Crippen LogP contribution < -0.4 is 0 Å². The summed E-state index contributed by atoms with van der Waals surface area (Å²) >= 11 is 1.71. The third kappa shape index (κ3) is 5.13. The summed E-state index contributed by atoms with van der Waals surface area (Å²) < 4.78 is 0. The number of thiophene rings is 1. The van der Waals surface area contributed by atoms with E-state index in [0.717, 1.165) is 12.8 Å². The molecule has 1 nitrogen and oxygen atoms in total. The average Bonchev–Trinajstić information content (AvgIpc) is 2.76. The van der Waals surface area contributed by atoms with Gasteiger partial charge in [0.1, 0.15) is 0 Å². The van der Waals surface area contributed by atoms with Gasteiger partial charge in [-0.1, -0.05) is 39.5 Å². The summed E-state index contributed by atoms with van der Waals surface area (Å²) in [5, 5.41) is 14.2. The van der Waals surface area contributed by atoms with Gasteiger partial charge in [-0.2, -0.15) is 11.3 Å². The lowest BCUT2D eigenvalue weighted by Crippen LogP contribution is -2.15. The van der Waals surface area contributed by atoms with E-state index in [1.165, 1.54) is 31.2 Å². The van der Waals surface area contributed by atoms with Gasteiger partial charge in [0.25, 0.3) is 0 Å². The van der Waals surface area contributed by atoms with E-state index in [2.05, 4.69) is 30.7 Å². The molecular weight excluding hydrogens is 216 g/mol. The summed E-state index contributed by atoms with van der Waals surface area (Å²) in [7, 11) is 0. The summed E-state index contributed by atoms with van der Waals surface area (Å²) in [5.41, 5.74) is 1.28. The van der Waals surface area contributed by atoms with Crippen LogP contribution in [0.15, 0.2) is 16.8 Å². The zero-order valence-corrected chi connectivity index (χ0v) is 11.3. The van der Waals surface area contributed by atoms with Crippen LogP contribution in [0, 0.1) is 5.92 Å². The summed E-state index contributed by atoms with van der Waals surface area (Å²) in [6.45, 7) is 4.46. The second-order valence-electron chi connectivity index (χ2n) is 4.64. The molecule has 0 bridgehead atoms. The summed E-state index contributed by atoms with van der Waals surface area (Å²) in [4.78, 5) is 0. The highest BCUT2D eigenvalue weighted by molar-refractivity contribution is 7.07. The summed E-state index contributed by atoms with van der Waals surface area (Å²) in [5.74, 6) is 0.702. The number of hydrogen-bond donors (Lipinski definition) is 1. The smallest absolute Gasteiger partial charge is 0.0583 e. The standard InChI is InChI=1S/C14H24OS/c1-3-5-6-12(4-2)9-14(15)10-13-7-8-16-11-13/h7-8,11-12,14-15H,3-6,9-10H2,1-2H3. The van der Waals surface area contributed by atoms with Crippen molar-refractivity contribution in [2.24, 2.45) is 5.92 Å². The first-order chi connectivity index (χ1) is 7.76. The van der Waals surface area contributed by atoms with Crippen molar-refractivity contribution in [3.8, 4) is 0 Å². The average molecular weight is 240 g/mol. The van der Waals surface area contributed by atoms with Crippen molar-refractivity contribution in [3.05, 3.63) is 22.4 Å². The number of aliphatic hydroxyl groups excluding tert-OH is 1. The van der Waals surface area contributed by atoms with Crippen LogP contribution in [0.3, 0.4) is 0 Å². The molecule has 0 spiro atoms. The van der Waals surface area contributed by atoms with Gasteiger partial charge in [-0.15, -0.1) is 0 Å². The van der Waals surface area contributed by atoms with Gasteiger partial charge in [0.15, 0.2) is 0 Å². The van der Waals surface area contributed by atoms with Crippen LogP contribution in [-0.4, -0.2) is 11.2 Å². The molecule has 0 amide bonds. The van der Waals surface area contributed by atoms with Crippen LogP contribution in [0.4, 0.5) is 0 Å². The van der Waals surface area contributed by atoms with Gasteiger partial charge in [0.2, 0.25) is 0 Å². The molecule has 0 aliphatic rings. The molecule has 2 unspecified atom stereocenters. The zero-order chi connectivity index (χ0) is 11.8. The van der Waals surface area contributed by atoms with E-state index >= 15 is 0 Å². The molecule has 1 aromatic heterocycles. The van der Waals surface area contributed by atoms with Crippen molar-refractivity contribution in [2.45, 2.75) is 58.5 Å². The van der Waals surface area contributed by atoms with E-state index in [4.69, 9.17) is 0 Å². The van der Waals surface area contributed by atoms with Gasteiger partial charge in [0.05, 0.1) is 6.10 Å². The molecule has 0 radical (unpaired) electrons. The minimum absolute atomic E-state index is 0.156. The Morgan fingerprint density at radius 1 is 1.38 bits per heavy atom. The Morgan fingerprint density at radius 2 is 2.19 bits per heavy atom. The highest BCUT2D eigenvalue weighted by Gasteiger charge is 2.13. The van der Waals surface area contributed by atoms with Crippen molar-refractivity contribution in [3.63, 3.8) is 0 Å². The van der Waals surface area contributed by atoms with Crippen molar-refractivity contribution in [2.75, 3.05) is 0 Å². The molecular formula is C14H24OS. The minimum atomic E-state index is -0.156. The van der Waals surface area contributed by atoms with Crippen LogP contribution in [0.5, 0.6) is 0 Å². The first-order valence-corrected chi connectivity index (χ1v) is 7.39. The minimum Gasteiger partial charge on any atom is -0.393 e.